The molecule has 0 unspecified atom stereocenters. The molecule has 0 saturated heterocycles. The zero-order valence-electron chi connectivity index (χ0n) is 31.9. The molecule has 6 aromatic rings. The molecule has 286 valence electrons. The summed E-state index contributed by atoms with van der Waals surface area (Å²) in [5, 5.41) is 0. The molecule has 2 aliphatic carbocycles. The SMILES string of the molecule is CCOc1ccccc1[C@@H]1CC(=O)Cc2cc3c(cc21)OCO3.O=C1C[C@H](c2ccccc2)c2ccccc2O1.O=C1Cc2ccccc2[C@@H](c2ccccc2)C1. The van der Waals surface area contributed by atoms with Gasteiger partial charge < -0.3 is 18.9 Å². The molecule has 3 atom stereocenters. The van der Waals surface area contributed by atoms with Gasteiger partial charge in [0.2, 0.25) is 6.79 Å². The fourth-order valence-corrected chi connectivity index (χ4v) is 8.36. The van der Waals surface area contributed by atoms with E-state index in [9.17, 15) is 14.4 Å². The molecule has 4 aliphatic rings. The van der Waals surface area contributed by atoms with Crippen LogP contribution in [-0.4, -0.2) is 30.9 Å². The van der Waals surface area contributed by atoms with Gasteiger partial charge in [-0.2, -0.15) is 0 Å². The van der Waals surface area contributed by atoms with E-state index in [2.05, 4.69) is 42.5 Å². The number of carbonyl (C=O) groups excluding carboxylic acids is 3. The van der Waals surface area contributed by atoms with Gasteiger partial charge in [0.05, 0.1) is 13.0 Å². The molecular formula is C50H44O7. The molecular weight excluding hydrogens is 713 g/mol. The van der Waals surface area contributed by atoms with Crippen molar-refractivity contribution in [1.29, 1.82) is 0 Å². The van der Waals surface area contributed by atoms with Gasteiger partial charge in [-0.3, -0.25) is 14.4 Å². The lowest BCUT2D eigenvalue weighted by Crippen LogP contribution is -2.20. The molecule has 0 fully saturated rings. The summed E-state index contributed by atoms with van der Waals surface area (Å²) in [6, 6.07) is 48.4. The number of Topliss-reactive ketones (excluding diaryl/α,β-unsaturated/α-hetero) is 2. The van der Waals surface area contributed by atoms with Crippen LogP contribution in [0.5, 0.6) is 23.0 Å². The van der Waals surface area contributed by atoms with Crippen molar-refractivity contribution in [1.82, 2.24) is 0 Å². The Hall–Kier alpha value is -6.47. The van der Waals surface area contributed by atoms with Gasteiger partial charge in [-0.25, -0.2) is 0 Å². The lowest BCUT2D eigenvalue weighted by atomic mass is 9.78. The van der Waals surface area contributed by atoms with Gasteiger partial charge in [0.15, 0.2) is 11.5 Å². The van der Waals surface area contributed by atoms with E-state index >= 15 is 0 Å². The summed E-state index contributed by atoms with van der Waals surface area (Å²) in [5.74, 6) is 3.83. The van der Waals surface area contributed by atoms with E-state index in [4.69, 9.17) is 18.9 Å². The van der Waals surface area contributed by atoms with Crippen LogP contribution in [0.3, 0.4) is 0 Å². The standard InChI is InChI=1S/C19H18O4.C16H14O.C15H12O2/c1-2-21-17-6-4-3-5-14(17)16-9-13(20)7-12-8-18-19(10-15(12)16)23-11-22-18;17-14-10-13-8-4-5-9-15(13)16(11-14)12-6-2-1-3-7-12;16-15-10-13(11-6-2-1-3-7-11)12-8-4-5-9-14(12)17-15/h3-6,8,10,16H,2,7,9,11H2,1H3;1-9,16H,10-11H2;1-9,13H,10H2/t2*16-;13-/m011/s1. The molecule has 0 N–H and O–H groups in total. The third-order valence-corrected chi connectivity index (χ3v) is 11.0. The Morgan fingerprint density at radius 2 is 1.05 bits per heavy atom. The summed E-state index contributed by atoms with van der Waals surface area (Å²) in [5.41, 5.74) is 9.24. The van der Waals surface area contributed by atoms with Crippen LogP contribution < -0.4 is 18.9 Å². The van der Waals surface area contributed by atoms with E-state index in [1.165, 1.54) is 16.7 Å². The van der Waals surface area contributed by atoms with Gasteiger partial charge in [0.25, 0.3) is 0 Å². The monoisotopic (exact) mass is 756 g/mol. The predicted molar refractivity (Wildman–Crippen MR) is 218 cm³/mol. The molecule has 7 nitrogen and oxygen atoms in total. The van der Waals surface area contributed by atoms with Gasteiger partial charge >= 0.3 is 5.97 Å². The first-order valence-electron chi connectivity index (χ1n) is 19.6. The molecule has 0 spiro atoms. The maximum Gasteiger partial charge on any atom is 0.312 e. The fraction of sp³-hybridized carbons (Fsp3) is 0.220. The van der Waals surface area contributed by atoms with Gasteiger partial charge in [-0.05, 0) is 64.6 Å². The van der Waals surface area contributed by atoms with E-state index in [-0.39, 0.29) is 36.3 Å². The van der Waals surface area contributed by atoms with Crippen LogP contribution in [-0.2, 0) is 27.2 Å². The number of ether oxygens (including phenoxy) is 4. The van der Waals surface area contributed by atoms with Crippen molar-refractivity contribution >= 4 is 17.5 Å². The summed E-state index contributed by atoms with van der Waals surface area (Å²) in [4.78, 5) is 35.7. The molecule has 0 bridgehead atoms. The molecule has 10 rings (SSSR count). The van der Waals surface area contributed by atoms with Crippen LogP contribution in [0.25, 0.3) is 0 Å². The first-order chi connectivity index (χ1) is 27.9. The normalized spacial score (nSPS) is 18.6. The lowest BCUT2D eigenvalue weighted by Gasteiger charge is -2.27. The second-order valence-electron chi connectivity index (χ2n) is 14.6. The average molecular weight is 757 g/mol. The van der Waals surface area contributed by atoms with Crippen molar-refractivity contribution in [2.24, 2.45) is 0 Å². The summed E-state index contributed by atoms with van der Waals surface area (Å²) >= 11 is 0. The largest absolute Gasteiger partial charge is 0.494 e. The minimum absolute atomic E-state index is 0.00324. The van der Waals surface area contributed by atoms with Crippen LogP contribution >= 0.6 is 0 Å². The average Bonchev–Trinajstić information content (AvgIpc) is 3.71. The number of para-hydroxylation sites is 2. The highest BCUT2D eigenvalue weighted by molar-refractivity contribution is 5.86. The third kappa shape index (κ3) is 8.38. The van der Waals surface area contributed by atoms with Crippen molar-refractivity contribution in [3.8, 4) is 23.0 Å². The van der Waals surface area contributed by atoms with E-state index in [1.807, 2.05) is 110 Å². The number of fused-ring (bicyclic) bond motifs is 4. The molecule has 6 aromatic carbocycles. The zero-order chi connectivity index (χ0) is 39.1. The lowest BCUT2D eigenvalue weighted by molar-refractivity contribution is -0.135. The number of esters is 1. The molecule has 7 heteroatoms. The number of rotatable bonds is 5. The Labute approximate surface area is 333 Å². The maximum atomic E-state index is 12.3. The number of carbonyl (C=O) groups is 3. The van der Waals surface area contributed by atoms with Crippen LogP contribution in [0.4, 0.5) is 0 Å². The quantitative estimate of drug-likeness (QED) is 0.128. The molecule has 57 heavy (non-hydrogen) atoms. The summed E-state index contributed by atoms with van der Waals surface area (Å²) in [6.45, 7) is 2.81. The molecule has 0 saturated carbocycles. The molecule has 0 radical (unpaired) electrons. The maximum absolute atomic E-state index is 12.3. The summed E-state index contributed by atoms with van der Waals surface area (Å²) in [6.07, 6.45) is 2.61. The van der Waals surface area contributed by atoms with Crippen molar-refractivity contribution in [2.75, 3.05) is 13.4 Å². The first kappa shape index (κ1) is 37.5. The number of hydrogen-bond donors (Lipinski definition) is 0. The summed E-state index contributed by atoms with van der Waals surface area (Å²) in [7, 11) is 0. The molecule has 0 aromatic heterocycles. The van der Waals surface area contributed by atoms with Gasteiger partial charge in [0, 0.05) is 54.6 Å². The van der Waals surface area contributed by atoms with E-state index in [0.717, 1.165) is 45.1 Å². The second kappa shape index (κ2) is 17.1. The van der Waals surface area contributed by atoms with Crippen LogP contribution in [0, 0.1) is 0 Å². The van der Waals surface area contributed by atoms with Gasteiger partial charge in [-0.15, -0.1) is 0 Å². The Bertz CT molecular complexity index is 2280. The minimum atomic E-state index is -0.155. The van der Waals surface area contributed by atoms with E-state index in [1.54, 1.807) is 0 Å². The third-order valence-electron chi connectivity index (χ3n) is 11.0. The number of benzene rings is 6. The van der Waals surface area contributed by atoms with Crippen LogP contribution in [0.15, 0.2) is 146 Å². The Kier molecular flexibility index (Phi) is 11.3. The smallest absolute Gasteiger partial charge is 0.312 e. The Morgan fingerprint density at radius 3 is 1.75 bits per heavy atom. The van der Waals surface area contributed by atoms with Crippen LogP contribution in [0.2, 0.25) is 0 Å². The van der Waals surface area contributed by atoms with Gasteiger partial charge in [0.1, 0.15) is 23.1 Å². The van der Waals surface area contributed by atoms with Crippen LogP contribution in [0.1, 0.15) is 88.4 Å². The number of ketones is 2. The van der Waals surface area contributed by atoms with E-state index in [0.29, 0.717) is 50.2 Å². The van der Waals surface area contributed by atoms with Crippen molar-refractivity contribution < 1.29 is 33.3 Å². The first-order valence-corrected chi connectivity index (χ1v) is 19.6. The van der Waals surface area contributed by atoms with Crippen molar-refractivity contribution in [2.45, 2.75) is 56.8 Å². The van der Waals surface area contributed by atoms with Crippen molar-refractivity contribution in [3.63, 3.8) is 0 Å². The highest BCUT2D eigenvalue weighted by Gasteiger charge is 2.32. The highest BCUT2D eigenvalue weighted by Crippen LogP contribution is 2.45. The van der Waals surface area contributed by atoms with Gasteiger partial charge in [-0.1, -0.05) is 121 Å². The minimum Gasteiger partial charge on any atom is -0.494 e. The summed E-state index contributed by atoms with van der Waals surface area (Å²) < 4.78 is 22.0. The Morgan fingerprint density at radius 1 is 0.509 bits per heavy atom. The molecule has 2 aliphatic heterocycles. The highest BCUT2D eigenvalue weighted by atomic mass is 16.7. The van der Waals surface area contributed by atoms with E-state index < -0.39 is 0 Å². The Balaban J connectivity index is 0.000000122. The second-order valence-corrected chi connectivity index (χ2v) is 14.6. The number of hydrogen-bond acceptors (Lipinski definition) is 7. The topological polar surface area (TPSA) is 88.1 Å². The molecule has 0 amide bonds. The predicted octanol–water partition coefficient (Wildman–Crippen LogP) is 9.92. The zero-order valence-corrected chi connectivity index (χ0v) is 31.9. The molecule has 2 heterocycles. The van der Waals surface area contributed by atoms with Crippen molar-refractivity contribution in [3.05, 3.63) is 190 Å². The fourth-order valence-electron chi connectivity index (χ4n) is 8.36.